The quantitative estimate of drug-likeness (QED) is 0.491. The summed E-state index contributed by atoms with van der Waals surface area (Å²) in [7, 11) is 0. The second-order valence-corrected chi connectivity index (χ2v) is 5.35. The molecule has 19 heavy (non-hydrogen) atoms. The number of hydrogen-bond donors (Lipinski definition) is 1. The van der Waals surface area contributed by atoms with Crippen molar-refractivity contribution in [2.24, 2.45) is 0 Å². The average Bonchev–Trinajstić information content (AvgIpc) is 2.40. The van der Waals surface area contributed by atoms with Crippen molar-refractivity contribution in [3.05, 3.63) is 48.0 Å². The van der Waals surface area contributed by atoms with Gasteiger partial charge >= 0.3 is 5.97 Å². The van der Waals surface area contributed by atoms with E-state index in [9.17, 15) is 9.59 Å². The van der Waals surface area contributed by atoms with Gasteiger partial charge in [-0.1, -0.05) is 24.8 Å². The van der Waals surface area contributed by atoms with E-state index in [-0.39, 0.29) is 23.9 Å². The Kier molecular flexibility index (Phi) is 4.63. The van der Waals surface area contributed by atoms with E-state index in [1.807, 2.05) is 12.1 Å². The monoisotopic (exact) mass is 277 g/mol. The van der Waals surface area contributed by atoms with E-state index < -0.39 is 0 Å². The van der Waals surface area contributed by atoms with E-state index in [0.29, 0.717) is 12.0 Å². The van der Waals surface area contributed by atoms with Gasteiger partial charge in [-0.2, -0.15) is 0 Å². The predicted molar refractivity (Wildman–Crippen MR) is 74.8 cm³/mol. The largest absolute Gasteiger partial charge is 0.458 e. The standard InChI is InChI=1S/C14H15NO3S/c1-2-7-18-14(17)11-5-3-10(4-6-11)9-19-13-8-12(16)15-13/h2-6,13H,1,7-9H2,(H,15,16)/t13-/m1/s1. The summed E-state index contributed by atoms with van der Waals surface area (Å²) in [6, 6.07) is 7.30. The SMILES string of the molecule is C=CCOC(=O)c1ccc(CS[C@@H]2CC(=O)N2)cc1. The Hall–Kier alpha value is -1.75. The smallest absolute Gasteiger partial charge is 0.338 e. The van der Waals surface area contributed by atoms with Crippen LogP contribution in [0.3, 0.4) is 0 Å². The third kappa shape index (κ3) is 3.86. The zero-order valence-electron chi connectivity index (χ0n) is 10.4. The number of carbonyl (C=O) groups is 2. The van der Waals surface area contributed by atoms with Crippen molar-refractivity contribution in [2.45, 2.75) is 17.5 Å². The van der Waals surface area contributed by atoms with Crippen molar-refractivity contribution in [2.75, 3.05) is 6.61 Å². The molecule has 0 radical (unpaired) electrons. The highest BCUT2D eigenvalue weighted by Crippen LogP contribution is 2.23. The summed E-state index contributed by atoms with van der Waals surface area (Å²) in [5.41, 5.74) is 1.65. The maximum atomic E-state index is 11.5. The molecule has 100 valence electrons. The highest BCUT2D eigenvalue weighted by Gasteiger charge is 2.25. The van der Waals surface area contributed by atoms with Crippen LogP contribution in [0.25, 0.3) is 0 Å². The molecule has 0 unspecified atom stereocenters. The van der Waals surface area contributed by atoms with Gasteiger partial charge in [0.05, 0.1) is 17.4 Å². The van der Waals surface area contributed by atoms with Gasteiger partial charge in [-0.15, -0.1) is 11.8 Å². The second-order valence-electron chi connectivity index (χ2n) is 4.16. The predicted octanol–water partition coefficient (Wildman–Crippen LogP) is 2.11. The van der Waals surface area contributed by atoms with Crippen LogP contribution < -0.4 is 5.32 Å². The van der Waals surface area contributed by atoms with E-state index in [4.69, 9.17) is 4.74 Å². The lowest BCUT2D eigenvalue weighted by molar-refractivity contribution is -0.126. The van der Waals surface area contributed by atoms with Gasteiger partial charge in [0.1, 0.15) is 6.61 Å². The molecule has 1 N–H and O–H groups in total. The number of thioether (sulfide) groups is 1. The lowest BCUT2D eigenvalue weighted by Crippen LogP contribution is -2.46. The number of benzene rings is 1. The fourth-order valence-corrected chi connectivity index (χ4v) is 2.65. The van der Waals surface area contributed by atoms with Gasteiger partial charge in [0.25, 0.3) is 0 Å². The molecule has 0 aromatic heterocycles. The fourth-order valence-electron chi connectivity index (χ4n) is 1.58. The minimum atomic E-state index is -0.342. The number of β-lactam (4-membered cyclic amide) rings is 1. The number of nitrogens with one attached hydrogen (secondary N) is 1. The van der Waals surface area contributed by atoms with Gasteiger partial charge < -0.3 is 10.1 Å². The fraction of sp³-hybridized carbons (Fsp3) is 0.286. The first-order valence-electron chi connectivity index (χ1n) is 5.97. The summed E-state index contributed by atoms with van der Waals surface area (Å²) >= 11 is 1.69. The summed E-state index contributed by atoms with van der Waals surface area (Å²) in [4.78, 5) is 22.3. The Morgan fingerprint density at radius 2 is 2.16 bits per heavy atom. The topological polar surface area (TPSA) is 55.4 Å². The lowest BCUT2D eigenvalue weighted by Gasteiger charge is -2.26. The number of amides is 1. The van der Waals surface area contributed by atoms with Crippen molar-refractivity contribution >= 4 is 23.6 Å². The van der Waals surface area contributed by atoms with Crippen molar-refractivity contribution < 1.29 is 14.3 Å². The summed E-state index contributed by atoms with van der Waals surface area (Å²) in [6.45, 7) is 3.71. The molecule has 0 bridgehead atoms. The van der Waals surface area contributed by atoms with Gasteiger partial charge in [0.15, 0.2) is 0 Å². The maximum absolute atomic E-state index is 11.5. The molecule has 1 fully saturated rings. The zero-order chi connectivity index (χ0) is 13.7. The molecular weight excluding hydrogens is 262 g/mol. The van der Waals surface area contributed by atoms with Crippen molar-refractivity contribution in [1.82, 2.24) is 5.32 Å². The number of esters is 1. The number of rotatable bonds is 6. The van der Waals surface area contributed by atoms with E-state index >= 15 is 0 Å². The molecule has 1 aliphatic rings. The van der Waals surface area contributed by atoms with Gasteiger partial charge in [-0.05, 0) is 17.7 Å². The highest BCUT2D eigenvalue weighted by atomic mass is 32.2. The van der Waals surface area contributed by atoms with Gasteiger partial charge in [-0.25, -0.2) is 4.79 Å². The first-order chi connectivity index (χ1) is 9.19. The summed E-state index contributed by atoms with van der Waals surface area (Å²) < 4.78 is 4.94. The summed E-state index contributed by atoms with van der Waals surface area (Å²) in [5, 5.41) is 3.03. The third-order valence-electron chi connectivity index (χ3n) is 2.67. The van der Waals surface area contributed by atoms with Gasteiger partial charge in [0.2, 0.25) is 5.91 Å². The molecule has 1 heterocycles. The molecular formula is C14H15NO3S. The minimum Gasteiger partial charge on any atom is -0.458 e. The number of carbonyl (C=O) groups excluding carboxylic acids is 2. The molecule has 0 spiro atoms. The van der Waals surface area contributed by atoms with Crippen LogP contribution in [-0.2, 0) is 15.3 Å². The second kappa shape index (κ2) is 6.43. The minimum absolute atomic E-state index is 0.109. The third-order valence-corrected chi connectivity index (χ3v) is 3.85. The molecule has 1 atom stereocenters. The molecule has 5 heteroatoms. The Morgan fingerprint density at radius 3 is 2.74 bits per heavy atom. The Morgan fingerprint density at radius 1 is 1.47 bits per heavy atom. The Bertz CT molecular complexity index is 476. The van der Waals surface area contributed by atoms with Crippen molar-refractivity contribution in [3.63, 3.8) is 0 Å². The molecule has 2 rings (SSSR count). The Labute approximate surface area is 116 Å². The van der Waals surface area contributed by atoms with Crippen LogP contribution in [0.1, 0.15) is 22.3 Å². The van der Waals surface area contributed by atoms with Crippen LogP contribution in [0.5, 0.6) is 0 Å². The normalized spacial score (nSPS) is 17.3. The van der Waals surface area contributed by atoms with Crippen LogP contribution in [0.4, 0.5) is 0 Å². The molecule has 1 aliphatic heterocycles. The van der Waals surface area contributed by atoms with Crippen molar-refractivity contribution in [3.8, 4) is 0 Å². The van der Waals surface area contributed by atoms with E-state index in [1.54, 1.807) is 23.9 Å². The molecule has 4 nitrogen and oxygen atoms in total. The number of ether oxygens (including phenoxy) is 1. The van der Waals surface area contributed by atoms with Crippen LogP contribution >= 0.6 is 11.8 Å². The molecule has 1 saturated heterocycles. The molecule has 0 saturated carbocycles. The summed E-state index contributed by atoms with van der Waals surface area (Å²) in [5.74, 6) is 0.579. The Balaban J connectivity index is 1.82. The first kappa shape index (κ1) is 13.7. The molecule has 1 aromatic carbocycles. The van der Waals surface area contributed by atoms with Gasteiger partial charge in [0, 0.05) is 5.75 Å². The molecule has 0 aliphatic carbocycles. The number of hydrogen-bond acceptors (Lipinski definition) is 4. The van der Waals surface area contributed by atoms with Crippen LogP contribution in [-0.4, -0.2) is 23.9 Å². The molecule has 1 amide bonds. The van der Waals surface area contributed by atoms with Crippen LogP contribution in [0.2, 0.25) is 0 Å². The lowest BCUT2D eigenvalue weighted by atomic mass is 10.1. The highest BCUT2D eigenvalue weighted by molar-refractivity contribution is 7.99. The van der Waals surface area contributed by atoms with Crippen LogP contribution in [0.15, 0.2) is 36.9 Å². The zero-order valence-corrected chi connectivity index (χ0v) is 11.2. The first-order valence-corrected chi connectivity index (χ1v) is 7.02. The van der Waals surface area contributed by atoms with E-state index in [1.165, 1.54) is 6.08 Å². The summed E-state index contributed by atoms with van der Waals surface area (Å²) in [6.07, 6.45) is 2.13. The van der Waals surface area contributed by atoms with E-state index in [0.717, 1.165) is 11.3 Å². The average molecular weight is 277 g/mol. The maximum Gasteiger partial charge on any atom is 0.338 e. The van der Waals surface area contributed by atoms with Crippen LogP contribution in [0, 0.1) is 0 Å². The van der Waals surface area contributed by atoms with Gasteiger partial charge in [-0.3, -0.25) is 4.79 Å². The van der Waals surface area contributed by atoms with E-state index in [2.05, 4.69) is 11.9 Å². The molecule has 1 aromatic rings. The van der Waals surface area contributed by atoms with Crippen molar-refractivity contribution in [1.29, 1.82) is 0 Å².